The Morgan fingerprint density at radius 3 is 2.48 bits per heavy atom. The molecule has 1 fully saturated rings. The predicted molar refractivity (Wildman–Crippen MR) is 127 cm³/mol. The minimum Gasteiger partial charge on any atom is -0.475 e. The first-order chi connectivity index (χ1) is 18.8. The number of benzene rings is 2. The molecule has 5 rings (SSSR count). The quantitative estimate of drug-likeness (QED) is 0.361. The van der Waals surface area contributed by atoms with E-state index in [1.165, 1.54) is 34.0 Å². The largest absolute Gasteiger partial charge is 0.490 e. The number of halogens is 6. The number of hydrogen-bond donors (Lipinski definition) is 1. The molecule has 0 aliphatic carbocycles. The third kappa shape index (κ3) is 6.47. The number of aromatic nitrogens is 4. The van der Waals surface area contributed by atoms with E-state index in [1.807, 2.05) is 12.1 Å². The van der Waals surface area contributed by atoms with Crippen molar-refractivity contribution in [1.29, 1.82) is 0 Å². The monoisotopic (exact) mass is 567 g/mol. The molecule has 0 saturated carbocycles. The van der Waals surface area contributed by atoms with Crippen molar-refractivity contribution in [3.8, 4) is 11.6 Å². The van der Waals surface area contributed by atoms with Crippen molar-refractivity contribution >= 4 is 22.8 Å². The molecule has 0 radical (unpaired) electrons. The molecule has 15 heteroatoms. The van der Waals surface area contributed by atoms with Crippen molar-refractivity contribution in [3.63, 3.8) is 0 Å². The molecule has 4 aromatic rings. The Morgan fingerprint density at radius 1 is 1.07 bits per heavy atom. The minimum atomic E-state index is -5.08. The highest BCUT2D eigenvalue weighted by Crippen LogP contribution is 2.32. The minimum absolute atomic E-state index is 0.0343. The van der Waals surface area contributed by atoms with E-state index in [2.05, 4.69) is 15.3 Å². The fourth-order valence-corrected chi connectivity index (χ4v) is 3.77. The number of likely N-dealkylation sites (tertiary alicyclic amines) is 1. The lowest BCUT2D eigenvalue weighted by atomic mass is 10.0. The molecule has 1 N–H and O–H groups in total. The van der Waals surface area contributed by atoms with Crippen molar-refractivity contribution in [2.24, 2.45) is 0 Å². The number of amides is 1. The highest BCUT2D eigenvalue weighted by atomic mass is 19.4. The molecule has 210 valence electrons. The summed E-state index contributed by atoms with van der Waals surface area (Å²) in [6, 6.07) is 14.4. The Hall–Kier alpha value is -4.69. The fraction of sp³-hybridized carbons (Fsp3) is 0.240. The molecule has 1 aliphatic heterocycles. The number of carboxylic acids is 1. The highest BCUT2D eigenvalue weighted by Gasteiger charge is 2.47. The van der Waals surface area contributed by atoms with E-state index < -0.39 is 48.9 Å². The number of fused-ring (bicyclic) bond motifs is 1. The van der Waals surface area contributed by atoms with E-state index in [0.717, 1.165) is 11.5 Å². The van der Waals surface area contributed by atoms with E-state index in [0.29, 0.717) is 11.2 Å². The molecule has 0 unspecified atom stereocenters. The van der Waals surface area contributed by atoms with Gasteiger partial charge in [-0.05, 0) is 30.3 Å². The van der Waals surface area contributed by atoms with Gasteiger partial charge in [0.25, 0.3) is 11.8 Å². The van der Waals surface area contributed by atoms with Crippen molar-refractivity contribution in [2.75, 3.05) is 13.1 Å². The van der Waals surface area contributed by atoms with E-state index in [4.69, 9.17) is 14.6 Å². The molecule has 1 amide bonds. The zero-order chi connectivity index (χ0) is 29.1. The van der Waals surface area contributed by atoms with Crippen molar-refractivity contribution in [1.82, 2.24) is 24.9 Å². The third-order valence-electron chi connectivity index (χ3n) is 5.81. The molecule has 3 heterocycles. The van der Waals surface area contributed by atoms with Crippen molar-refractivity contribution in [2.45, 2.75) is 24.6 Å². The molecule has 40 heavy (non-hydrogen) atoms. The van der Waals surface area contributed by atoms with Crippen LogP contribution in [-0.4, -0.2) is 73.2 Å². The number of aliphatic carboxylic acids is 1. The Balaban J connectivity index is 0.000000470. The summed E-state index contributed by atoms with van der Waals surface area (Å²) in [7, 11) is 0. The number of piperidine rings is 1. The van der Waals surface area contributed by atoms with E-state index in [-0.39, 0.29) is 18.0 Å². The summed E-state index contributed by atoms with van der Waals surface area (Å²) >= 11 is 0. The summed E-state index contributed by atoms with van der Waals surface area (Å²) in [5.41, 5.74) is 0.789. The number of pyridine rings is 1. The molecule has 1 aliphatic rings. The second-order valence-electron chi connectivity index (χ2n) is 8.53. The first-order valence-electron chi connectivity index (χ1n) is 11.5. The molecule has 9 nitrogen and oxygen atoms in total. The van der Waals surface area contributed by atoms with Gasteiger partial charge in [0.05, 0.1) is 35.7 Å². The maximum atomic E-state index is 14.7. The number of nitrogens with zero attached hydrogens (tertiary/aromatic N) is 5. The smallest absolute Gasteiger partial charge is 0.475 e. The van der Waals surface area contributed by atoms with E-state index in [1.54, 1.807) is 24.4 Å². The Morgan fingerprint density at radius 2 is 1.80 bits per heavy atom. The lowest BCUT2D eigenvalue weighted by Crippen LogP contribution is -2.55. The van der Waals surface area contributed by atoms with Crippen molar-refractivity contribution in [3.05, 3.63) is 78.4 Å². The second kappa shape index (κ2) is 11.2. The summed E-state index contributed by atoms with van der Waals surface area (Å²) in [5.74, 6) is -7.36. The second-order valence-corrected chi connectivity index (χ2v) is 8.53. The molecule has 2 aromatic heterocycles. The van der Waals surface area contributed by atoms with Gasteiger partial charge in [0, 0.05) is 24.4 Å². The molecular formula is C25H19F6N5O4. The zero-order valence-corrected chi connectivity index (χ0v) is 20.2. The van der Waals surface area contributed by atoms with Crippen LogP contribution in [0, 0.1) is 5.82 Å². The van der Waals surface area contributed by atoms with Crippen LogP contribution in [0.2, 0.25) is 0 Å². The van der Waals surface area contributed by atoms with Gasteiger partial charge in [-0.1, -0.05) is 23.4 Å². The van der Waals surface area contributed by atoms with Crippen LogP contribution in [0.1, 0.15) is 16.8 Å². The van der Waals surface area contributed by atoms with Gasteiger partial charge in [0.1, 0.15) is 5.82 Å². The fourth-order valence-electron chi connectivity index (χ4n) is 3.77. The Kier molecular flexibility index (Phi) is 7.93. The predicted octanol–water partition coefficient (Wildman–Crippen LogP) is 4.52. The van der Waals surface area contributed by atoms with Crippen LogP contribution in [0.4, 0.5) is 26.3 Å². The summed E-state index contributed by atoms with van der Waals surface area (Å²) < 4.78 is 82.4. The summed E-state index contributed by atoms with van der Waals surface area (Å²) in [6.45, 7) is -0.642. The van der Waals surface area contributed by atoms with Gasteiger partial charge < -0.3 is 14.7 Å². The van der Waals surface area contributed by atoms with Crippen molar-refractivity contribution < 1.29 is 45.8 Å². The van der Waals surface area contributed by atoms with Crippen LogP contribution >= 0.6 is 0 Å². The SMILES string of the molecule is O=C(O)C(F)(F)F.O=C(c1cc(-n2ccnn2)ccc1F)N1CCC(F)(F)[C@@H](Oc2ccc3ccccc3n2)C1. The van der Waals surface area contributed by atoms with E-state index in [9.17, 15) is 31.1 Å². The van der Waals surface area contributed by atoms with Gasteiger partial charge in [0.15, 0.2) is 6.10 Å². The van der Waals surface area contributed by atoms with Crippen LogP contribution in [0.25, 0.3) is 16.6 Å². The first kappa shape index (κ1) is 28.3. The summed E-state index contributed by atoms with van der Waals surface area (Å²) in [6.07, 6.45) is -4.32. The van der Waals surface area contributed by atoms with Crippen LogP contribution in [0.15, 0.2) is 67.0 Å². The topological polar surface area (TPSA) is 110 Å². The number of carbonyl (C=O) groups excluding carboxylic acids is 1. The van der Waals surface area contributed by atoms with Gasteiger partial charge in [-0.3, -0.25) is 4.79 Å². The highest BCUT2D eigenvalue weighted by molar-refractivity contribution is 5.95. The number of carboxylic acid groups (broad SMARTS) is 1. The standard InChI is InChI=1S/C23H18F3N5O2.C2HF3O2/c24-18-7-6-16(31-12-10-27-29-31)13-17(18)22(32)30-11-9-23(25,26)20(14-30)33-21-8-5-15-3-1-2-4-19(15)28-21;3-2(4,5)1(6)7/h1-8,10,12-13,20H,9,11,14H2;(H,6,7)/t20-;/m0./s1. The number of rotatable bonds is 4. The van der Waals surface area contributed by atoms with Crippen LogP contribution < -0.4 is 4.74 Å². The van der Waals surface area contributed by atoms with Crippen LogP contribution in [-0.2, 0) is 4.79 Å². The lowest BCUT2D eigenvalue weighted by Gasteiger charge is -2.38. The van der Waals surface area contributed by atoms with Gasteiger partial charge >= 0.3 is 12.1 Å². The average Bonchev–Trinajstić information content (AvgIpc) is 3.45. The maximum Gasteiger partial charge on any atom is 0.490 e. The number of carbonyl (C=O) groups is 2. The number of para-hydroxylation sites is 1. The number of alkyl halides is 5. The van der Waals surface area contributed by atoms with Gasteiger partial charge in [0.2, 0.25) is 5.88 Å². The Labute approximate surface area is 221 Å². The van der Waals surface area contributed by atoms with Gasteiger partial charge in [-0.25, -0.2) is 27.6 Å². The molecule has 2 aromatic carbocycles. The van der Waals surface area contributed by atoms with Crippen LogP contribution in [0.3, 0.4) is 0 Å². The number of ether oxygens (including phenoxy) is 1. The molecule has 1 atom stereocenters. The summed E-state index contributed by atoms with van der Waals surface area (Å²) in [5, 5.41) is 15.5. The maximum absolute atomic E-state index is 14.7. The summed E-state index contributed by atoms with van der Waals surface area (Å²) in [4.78, 5) is 27.4. The zero-order valence-electron chi connectivity index (χ0n) is 20.2. The van der Waals surface area contributed by atoms with E-state index >= 15 is 0 Å². The first-order valence-corrected chi connectivity index (χ1v) is 11.5. The van der Waals surface area contributed by atoms with Crippen LogP contribution in [0.5, 0.6) is 5.88 Å². The molecular weight excluding hydrogens is 548 g/mol. The van der Waals surface area contributed by atoms with Gasteiger partial charge in [-0.15, -0.1) is 5.10 Å². The molecule has 0 spiro atoms. The third-order valence-corrected chi connectivity index (χ3v) is 5.81. The normalized spacial score (nSPS) is 16.6. The lowest BCUT2D eigenvalue weighted by molar-refractivity contribution is -0.192. The van der Waals surface area contributed by atoms with Gasteiger partial charge in [-0.2, -0.15) is 13.2 Å². The molecule has 1 saturated heterocycles. The average molecular weight is 567 g/mol. The Bertz CT molecular complexity index is 1510. The number of hydrogen-bond acceptors (Lipinski definition) is 6. The molecule has 0 bridgehead atoms.